The van der Waals surface area contributed by atoms with Gasteiger partial charge in [0.25, 0.3) is 0 Å². The summed E-state index contributed by atoms with van der Waals surface area (Å²) >= 11 is 0. The molecule has 3 atom stereocenters. The summed E-state index contributed by atoms with van der Waals surface area (Å²) in [5.41, 5.74) is 0.529. The van der Waals surface area contributed by atoms with Crippen LogP contribution in [0.25, 0.3) is 0 Å². The van der Waals surface area contributed by atoms with Crippen LogP contribution in [0.5, 0.6) is 0 Å². The Labute approximate surface area is 173 Å². The van der Waals surface area contributed by atoms with E-state index >= 15 is 0 Å². The van der Waals surface area contributed by atoms with E-state index < -0.39 is 10.0 Å². The largest absolute Gasteiger partial charge is 0.338 e. The molecule has 3 rings (SSSR count). The maximum Gasteiger partial charge on any atom is 0.243 e. The summed E-state index contributed by atoms with van der Waals surface area (Å²) < 4.78 is 26.9. The first-order valence-corrected chi connectivity index (χ1v) is 11.8. The van der Waals surface area contributed by atoms with Crippen molar-refractivity contribution in [3.63, 3.8) is 0 Å². The third kappa shape index (κ3) is 4.80. The fourth-order valence-corrected chi connectivity index (χ4v) is 5.80. The molecule has 1 saturated heterocycles. The quantitative estimate of drug-likeness (QED) is 0.792. The number of carbonyl (C=O) groups is 2. The molecule has 2 amide bonds. The Bertz CT molecular complexity index is 853. The second-order valence-electron chi connectivity index (χ2n) is 8.34. The van der Waals surface area contributed by atoms with Crippen molar-refractivity contribution in [1.29, 1.82) is 0 Å². The van der Waals surface area contributed by atoms with Crippen LogP contribution in [-0.2, 0) is 19.6 Å². The van der Waals surface area contributed by atoms with Gasteiger partial charge in [-0.3, -0.25) is 9.59 Å². The lowest BCUT2D eigenvalue weighted by molar-refractivity contribution is -0.139. The number of nitrogens with zero attached hydrogens (tertiary/aromatic N) is 2. The van der Waals surface area contributed by atoms with Crippen molar-refractivity contribution < 1.29 is 18.0 Å². The van der Waals surface area contributed by atoms with Gasteiger partial charge in [0, 0.05) is 32.2 Å². The Morgan fingerprint density at radius 2 is 1.79 bits per heavy atom. The molecule has 1 saturated carbocycles. The van der Waals surface area contributed by atoms with Crippen LogP contribution in [0.1, 0.15) is 46.0 Å². The molecule has 1 aliphatic heterocycles. The molecule has 160 valence electrons. The average molecular weight is 422 g/mol. The van der Waals surface area contributed by atoms with E-state index in [1.165, 1.54) is 32.5 Å². The molecule has 0 unspecified atom stereocenters. The van der Waals surface area contributed by atoms with Gasteiger partial charge in [-0.1, -0.05) is 19.8 Å². The van der Waals surface area contributed by atoms with E-state index in [1.54, 1.807) is 12.1 Å². The van der Waals surface area contributed by atoms with Gasteiger partial charge in [0.05, 0.1) is 11.4 Å². The van der Waals surface area contributed by atoms with Crippen molar-refractivity contribution in [2.75, 3.05) is 25.5 Å². The van der Waals surface area contributed by atoms with Gasteiger partial charge in [-0.05, 0) is 55.4 Å². The third-order valence-corrected chi connectivity index (χ3v) is 8.12. The number of amides is 2. The number of hydrogen-bond donors (Lipinski definition) is 1. The minimum atomic E-state index is -3.78. The summed E-state index contributed by atoms with van der Waals surface area (Å²) in [5, 5.41) is 2.61. The van der Waals surface area contributed by atoms with Crippen LogP contribution >= 0.6 is 0 Å². The van der Waals surface area contributed by atoms with Gasteiger partial charge >= 0.3 is 0 Å². The van der Waals surface area contributed by atoms with Crippen molar-refractivity contribution >= 4 is 27.5 Å². The van der Waals surface area contributed by atoms with Crippen LogP contribution in [0.4, 0.5) is 5.69 Å². The number of rotatable bonds is 5. The van der Waals surface area contributed by atoms with E-state index in [2.05, 4.69) is 12.2 Å². The van der Waals surface area contributed by atoms with Gasteiger partial charge in [-0.25, -0.2) is 8.42 Å². The second-order valence-corrected chi connectivity index (χ2v) is 10.4. The second kappa shape index (κ2) is 8.83. The highest BCUT2D eigenvalue weighted by molar-refractivity contribution is 7.89. The van der Waals surface area contributed by atoms with Gasteiger partial charge < -0.3 is 10.2 Å². The monoisotopic (exact) mass is 421 g/mol. The Morgan fingerprint density at radius 1 is 1.14 bits per heavy atom. The van der Waals surface area contributed by atoms with Crippen molar-refractivity contribution in [1.82, 2.24) is 9.21 Å². The molecule has 2 fully saturated rings. The predicted octanol–water partition coefficient (Wildman–Crippen LogP) is 2.69. The lowest BCUT2D eigenvalue weighted by Crippen LogP contribution is -2.54. The highest BCUT2D eigenvalue weighted by Crippen LogP contribution is 2.38. The summed E-state index contributed by atoms with van der Waals surface area (Å²) in [4.78, 5) is 26.1. The zero-order chi connectivity index (χ0) is 21.2. The molecule has 2 aliphatic rings. The first kappa shape index (κ1) is 21.8. The summed E-state index contributed by atoms with van der Waals surface area (Å²) in [6.07, 6.45) is 5.50. The number of benzene rings is 1. The van der Waals surface area contributed by atoms with Crippen LogP contribution in [0, 0.1) is 11.8 Å². The van der Waals surface area contributed by atoms with Crippen LogP contribution in [0.3, 0.4) is 0 Å². The molecule has 8 heteroatoms. The maximum atomic E-state index is 13.0. The number of piperidine rings is 1. The smallest absolute Gasteiger partial charge is 0.243 e. The number of likely N-dealkylation sites (tertiary alicyclic amines) is 1. The fourth-order valence-electron chi connectivity index (χ4n) is 4.68. The molecule has 1 N–H and O–H groups in total. The Balaban J connectivity index is 1.68. The molecule has 1 aromatic carbocycles. The van der Waals surface area contributed by atoms with E-state index in [0.29, 0.717) is 24.1 Å². The Hall–Kier alpha value is -1.93. The standard InChI is InChI=1S/C21H31N3O4S/c1-15-12-13-24(20-7-5-4-6-19(15)20)21(26)14-23(3)29(27,28)18-10-8-17(9-11-18)22-16(2)25/h8-11,15,19-20H,4-7,12-14H2,1-3H3,(H,22,25)/t15-,19-,20+/m0/s1. The molecule has 0 aromatic heterocycles. The molecule has 0 spiro atoms. The van der Waals surface area contributed by atoms with Crippen molar-refractivity contribution in [3.05, 3.63) is 24.3 Å². The maximum absolute atomic E-state index is 13.0. The molecular weight excluding hydrogens is 390 g/mol. The first-order valence-electron chi connectivity index (χ1n) is 10.3. The summed E-state index contributed by atoms with van der Waals surface area (Å²) in [7, 11) is -2.34. The summed E-state index contributed by atoms with van der Waals surface area (Å²) in [6.45, 7) is 4.21. The van der Waals surface area contributed by atoms with Gasteiger partial charge in [0.1, 0.15) is 0 Å². The number of fused-ring (bicyclic) bond motifs is 1. The summed E-state index contributed by atoms with van der Waals surface area (Å²) in [6, 6.07) is 6.22. The van der Waals surface area contributed by atoms with Gasteiger partial charge in [0.2, 0.25) is 21.8 Å². The highest BCUT2D eigenvalue weighted by Gasteiger charge is 2.40. The van der Waals surface area contributed by atoms with Crippen molar-refractivity contribution in [2.24, 2.45) is 11.8 Å². The molecule has 29 heavy (non-hydrogen) atoms. The molecule has 1 aromatic rings. The topological polar surface area (TPSA) is 86.8 Å². The van der Waals surface area contributed by atoms with Crippen molar-refractivity contribution in [2.45, 2.75) is 56.9 Å². The molecule has 1 heterocycles. The molecule has 7 nitrogen and oxygen atoms in total. The first-order chi connectivity index (χ1) is 13.7. The number of sulfonamides is 1. The number of anilines is 1. The Morgan fingerprint density at radius 3 is 2.45 bits per heavy atom. The zero-order valence-electron chi connectivity index (χ0n) is 17.4. The van der Waals surface area contributed by atoms with E-state index in [0.717, 1.165) is 30.0 Å². The van der Waals surface area contributed by atoms with Crippen LogP contribution in [-0.4, -0.2) is 55.6 Å². The van der Waals surface area contributed by atoms with Crippen LogP contribution < -0.4 is 5.32 Å². The number of likely N-dealkylation sites (N-methyl/N-ethyl adjacent to an activating group) is 1. The minimum Gasteiger partial charge on any atom is -0.338 e. The average Bonchev–Trinajstić information content (AvgIpc) is 2.68. The normalized spacial score (nSPS) is 24.8. The zero-order valence-corrected chi connectivity index (χ0v) is 18.2. The molecule has 0 radical (unpaired) electrons. The van der Waals surface area contributed by atoms with Crippen LogP contribution in [0.2, 0.25) is 0 Å². The van der Waals surface area contributed by atoms with Crippen molar-refractivity contribution in [3.8, 4) is 0 Å². The Kier molecular flexibility index (Phi) is 6.63. The lowest BCUT2D eigenvalue weighted by Gasteiger charge is -2.47. The van der Waals surface area contributed by atoms with E-state index in [-0.39, 0.29) is 29.3 Å². The molecule has 0 bridgehead atoms. The fraction of sp³-hybridized carbons (Fsp3) is 0.619. The van der Waals surface area contributed by atoms with Crippen LogP contribution in [0.15, 0.2) is 29.2 Å². The number of nitrogens with one attached hydrogen (secondary N) is 1. The van der Waals surface area contributed by atoms with Gasteiger partial charge in [-0.15, -0.1) is 0 Å². The molecule has 1 aliphatic carbocycles. The van der Waals surface area contributed by atoms with Gasteiger partial charge in [-0.2, -0.15) is 4.31 Å². The number of hydrogen-bond acceptors (Lipinski definition) is 4. The van der Waals surface area contributed by atoms with E-state index in [9.17, 15) is 18.0 Å². The predicted molar refractivity (Wildman–Crippen MR) is 112 cm³/mol. The SMILES string of the molecule is CC(=O)Nc1ccc(S(=O)(=O)N(C)CC(=O)N2CC[C@H](C)[C@@H]3CCCC[C@H]32)cc1. The third-order valence-electron chi connectivity index (χ3n) is 6.30. The minimum absolute atomic E-state index is 0.102. The highest BCUT2D eigenvalue weighted by atomic mass is 32.2. The molecular formula is C21H31N3O4S. The summed E-state index contributed by atoms with van der Waals surface area (Å²) in [5.74, 6) is 0.813. The van der Waals surface area contributed by atoms with E-state index in [4.69, 9.17) is 0 Å². The lowest BCUT2D eigenvalue weighted by atomic mass is 9.72. The van der Waals surface area contributed by atoms with E-state index in [1.807, 2.05) is 4.90 Å². The van der Waals surface area contributed by atoms with Gasteiger partial charge in [0.15, 0.2) is 0 Å². The number of carbonyl (C=O) groups excluding carboxylic acids is 2.